The Kier molecular flexibility index (Phi) is 12.4. The fourth-order valence-corrected chi connectivity index (χ4v) is 4.15. The van der Waals surface area contributed by atoms with Crippen LogP contribution in [0.3, 0.4) is 0 Å². The molecule has 1 saturated heterocycles. The van der Waals surface area contributed by atoms with Crippen molar-refractivity contribution >= 4 is 33.7 Å². The molecule has 212 valence electrons. The Hall–Kier alpha value is -3.92. The molecule has 9 heteroatoms. The maximum atomic E-state index is 11.9. The second-order valence-electron chi connectivity index (χ2n) is 8.68. The molecule has 1 fully saturated rings. The number of pyridine rings is 2. The van der Waals surface area contributed by atoms with Gasteiger partial charge in [0.2, 0.25) is 0 Å². The lowest BCUT2D eigenvalue weighted by Gasteiger charge is -2.15. The van der Waals surface area contributed by atoms with E-state index in [2.05, 4.69) is 9.97 Å². The maximum absolute atomic E-state index is 11.9. The molecular weight excluding hydrogens is 512 g/mol. The zero-order chi connectivity index (χ0) is 28.7. The van der Waals surface area contributed by atoms with E-state index in [0.29, 0.717) is 12.2 Å². The van der Waals surface area contributed by atoms with E-state index in [1.54, 1.807) is 44.4 Å². The fourth-order valence-electron chi connectivity index (χ4n) is 4.15. The Morgan fingerprint density at radius 2 is 1.32 bits per heavy atom. The first-order valence-electron chi connectivity index (χ1n) is 13.3. The van der Waals surface area contributed by atoms with E-state index in [1.807, 2.05) is 42.5 Å². The zero-order valence-corrected chi connectivity index (χ0v) is 23.1. The molecule has 2 aromatic carbocycles. The lowest BCUT2D eigenvalue weighted by atomic mass is 10.0. The van der Waals surface area contributed by atoms with Crippen LogP contribution in [0.1, 0.15) is 50.0 Å². The predicted molar refractivity (Wildman–Crippen MR) is 152 cm³/mol. The number of benzene rings is 2. The summed E-state index contributed by atoms with van der Waals surface area (Å²) < 4.78 is 20.0. The summed E-state index contributed by atoms with van der Waals surface area (Å²) in [4.78, 5) is 31.8. The number of hydrogen-bond donors (Lipinski definition) is 1. The minimum Gasteiger partial charge on any atom is -0.464 e. The molecule has 1 aliphatic heterocycles. The number of rotatable bonds is 7. The first kappa shape index (κ1) is 30.6. The number of aliphatic hydroxyl groups is 1. The quantitative estimate of drug-likeness (QED) is 0.314. The van der Waals surface area contributed by atoms with E-state index in [1.165, 1.54) is 20.0 Å². The Morgan fingerprint density at radius 1 is 0.800 bits per heavy atom. The van der Waals surface area contributed by atoms with Crippen molar-refractivity contribution in [1.29, 1.82) is 0 Å². The van der Waals surface area contributed by atoms with Gasteiger partial charge >= 0.3 is 11.9 Å². The van der Waals surface area contributed by atoms with Gasteiger partial charge in [-0.05, 0) is 51.0 Å². The third-order valence-corrected chi connectivity index (χ3v) is 6.01. The van der Waals surface area contributed by atoms with Crippen LogP contribution in [0.5, 0.6) is 0 Å². The number of carbonyl (C=O) groups excluding carboxylic acids is 2. The van der Waals surface area contributed by atoms with Crippen molar-refractivity contribution in [2.45, 2.75) is 38.9 Å². The summed E-state index contributed by atoms with van der Waals surface area (Å²) in [6, 6.07) is 18.2. The van der Waals surface area contributed by atoms with Crippen molar-refractivity contribution in [2.75, 3.05) is 33.5 Å². The van der Waals surface area contributed by atoms with Gasteiger partial charge in [0.05, 0.1) is 24.2 Å². The molecule has 1 N–H and O–H groups in total. The molecule has 40 heavy (non-hydrogen) atoms. The van der Waals surface area contributed by atoms with Gasteiger partial charge in [-0.1, -0.05) is 36.4 Å². The summed E-state index contributed by atoms with van der Waals surface area (Å²) in [7, 11) is 1.50. The molecule has 4 aromatic rings. The van der Waals surface area contributed by atoms with Crippen molar-refractivity contribution in [1.82, 2.24) is 9.97 Å². The standard InChI is InChI=1S/C14H15NO3.C13H13NO3.C4H8O/c1-3-18-14(16)13(17-2)11-6-4-8-12-10(11)7-5-9-15-12;1-2-17-13(16)12(15)10-5-3-7-11-9(10)6-4-8-14-11;1-2-4-5-3-1/h4-9,13H,3H2,1-2H3;3-8,12,15H,2H2,1H3;1-4H2. The lowest BCUT2D eigenvalue weighted by molar-refractivity contribution is -0.155. The highest BCUT2D eigenvalue weighted by atomic mass is 16.6. The monoisotopic (exact) mass is 548 g/mol. The third kappa shape index (κ3) is 8.29. The average Bonchev–Trinajstić information content (AvgIpc) is 3.58. The molecule has 2 atom stereocenters. The Morgan fingerprint density at radius 3 is 1.82 bits per heavy atom. The van der Waals surface area contributed by atoms with Crippen LogP contribution in [-0.4, -0.2) is 60.6 Å². The Balaban J connectivity index is 0.000000188. The molecule has 3 heterocycles. The van der Waals surface area contributed by atoms with Crippen molar-refractivity contribution < 1.29 is 33.6 Å². The highest BCUT2D eigenvalue weighted by molar-refractivity contribution is 5.89. The Labute approximate surface area is 234 Å². The molecule has 2 unspecified atom stereocenters. The van der Waals surface area contributed by atoms with E-state index in [4.69, 9.17) is 18.9 Å². The van der Waals surface area contributed by atoms with Crippen molar-refractivity contribution in [2.24, 2.45) is 0 Å². The average molecular weight is 549 g/mol. The number of nitrogens with zero attached hydrogens (tertiary/aromatic N) is 2. The molecule has 0 bridgehead atoms. The summed E-state index contributed by atoms with van der Waals surface area (Å²) in [6.45, 7) is 6.06. The second-order valence-corrected chi connectivity index (χ2v) is 8.68. The van der Waals surface area contributed by atoms with Gasteiger partial charge in [0.25, 0.3) is 0 Å². The molecule has 1 aliphatic rings. The van der Waals surface area contributed by atoms with Crippen molar-refractivity contribution in [3.63, 3.8) is 0 Å². The fraction of sp³-hybridized carbons (Fsp3) is 0.355. The van der Waals surface area contributed by atoms with Crippen LogP contribution in [0.25, 0.3) is 21.8 Å². The summed E-state index contributed by atoms with van der Waals surface area (Å²) in [5.74, 6) is -1.01. The van der Waals surface area contributed by atoms with Gasteiger partial charge < -0.3 is 24.1 Å². The zero-order valence-electron chi connectivity index (χ0n) is 23.1. The minimum atomic E-state index is -1.26. The summed E-state index contributed by atoms with van der Waals surface area (Å²) in [6.07, 6.45) is 3.97. The van der Waals surface area contributed by atoms with E-state index in [9.17, 15) is 14.7 Å². The first-order valence-corrected chi connectivity index (χ1v) is 13.3. The number of esters is 2. The van der Waals surface area contributed by atoms with Gasteiger partial charge in [-0.15, -0.1) is 0 Å². The Bertz CT molecular complexity index is 1360. The number of carbonyl (C=O) groups is 2. The number of aliphatic hydroxyl groups excluding tert-OH is 1. The first-order chi connectivity index (χ1) is 19.5. The van der Waals surface area contributed by atoms with Gasteiger partial charge in [0.1, 0.15) is 0 Å². The van der Waals surface area contributed by atoms with Gasteiger partial charge in [0.15, 0.2) is 12.2 Å². The van der Waals surface area contributed by atoms with Crippen LogP contribution < -0.4 is 0 Å². The minimum absolute atomic E-state index is 0.249. The number of ether oxygens (including phenoxy) is 4. The lowest BCUT2D eigenvalue weighted by Crippen LogP contribution is -2.18. The van der Waals surface area contributed by atoms with E-state index in [-0.39, 0.29) is 12.6 Å². The van der Waals surface area contributed by atoms with Gasteiger partial charge in [-0.3, -0.25) is 9.97 Å². The van der Waals surface area contributed by atoms with Gasteiger partial charge in [0, 0.05) is 54.6 Å². The summed E-state index contributed by atoms with van der Waals surface area (Å²) in [5, 5.41) is 11.6. The molecule has 0 amide bonds. The molecular formula is C31H36N2O7. The molecule has 0 spiro atoms. The molecule has 0 aliphatic carbocycles. The third-order valence-electron chi connectivity index (χ3n) is 6.01. The number of hydrogen-bond acceptors (Lipinski definition) is 9. The molecule has 2 aromatic heterocycles. The summed E-state index contributed by atoms with van der Waals surface area (Å²) >= 11 is 0. The van der Waals surface area contributed by atoms with E-state index >= 15 is 0 Å². The van der Waals surface area contributed by atoms with Crippen LogP contribution in [0, 0.1) is 0 Å². The maximum Gasteiger partial charge on any atom is 0.339 e. The number of aromatic nitrogens is 2. The van der Waals surface area contributed by atoms with Crippen LogP contribution in [0.4, 0.5) is 0 Å². The smallest absolute Gasteiger partial charge is 0.339 e. The molecule has 0 radical (unpaired) electrons. The van der Waals surface area contributed by atoms with E-state index < -0.39 is 18.2 Å². The van der Waals surface area contributed by atoms with Crippen LogP contribution in [0.15, 0.2) is 73.1 Å². The predicted octanol–water partition coefficient (Wildman–Crippen LogP) is 5.11. The highest BCUT2D eigenvalue weighted by Crippen LogP contribution is 2.26. The van der Waals surface area contributed by atoms with Crippen molar-refractivity contribution in [3.8, 4) is 0 Å². The highest BCUT2D eigenvalue weighted by Gasteiger charge is 2.23. The summed E-state index contributed by atoms with van der Waals surface area (Å²) in [5.41, 5.74) is 2.88. The second kappa shape index (κ2) is 16.2. The molecule has 0 saturated carbocycles. The van der Waals surface area contributed by atoms with Gasteiger partial charge in [-0.2, -0.15) is 0 Å². The van der Waals surface area contributed by atoms with Gasteiger partial charge in [-0.25, -0.2) is 9.59 Å². The van der Waals surface area contributed by atoms with Crippen LogP contribution >= 0.6 is 0 Å². The van der Waals surface area contributed by atoms with Crippen LogP contribution in [0.2, 0.25) is 0 Å². The number of fused-ring (bicyclic) bond motifs is 2. The SMILES string of the molecule is C1CCOC1.CCOC(=O)C(O)c1cccc2ncccc12.CCOC(=O)C(OC)c1cccc2ncccc12. The van der Waals surface area contributed by atoms with Crippen molar-refractivity contribution in [3.05, 3.63) is 84.2 Å². The largest absolute Gasteiger partial charge is 0.464 e. The number of methoxy groups -OCH3 is 1. The molecule has 9 nitrogen and oxygen atoms in total. The topological polar surface area (TPSA) is 117 Å². The van der Waals surface area contributed by atoms with Crippen LogP contribution in [-0.2, 0) is 28.5 Å². The van der Waals surface area contributed by atoms with E-state index in [0.717, 1.165) is 40.6 Å². The normalized spacial score (nSPS) is 13.8. The molecule has 5 rings (SSSR count).